The van der Waals surface area contributed by atoms with Crippen LogP contribution in [0.4, 0.5) is 0 Å². The molecular formula is C16H24N2OS. The second-order valence-corrected chi connectivity index (χ2v) is 7.94. The molecule has 1 saturated carbocycles. The van der Waals surface area contributed by atoms with Crippen molar-refractivity contribution in [3.05, 3.63) is 21.9 Å². The molecule has 0 bridgehead atoms. The highest BCUT2D eigenvalue weighted by atomic mass is 32.1. The number of carbonyl (C=O) groups excluding carboxylic acids is 1. The van der Waals surface area contributed by atoms with E-state index in [2.05, 4.69) is 43.1 Å². The number of nitrogens with zero attached hydrogens (tertiary/aromatic N) is 1. The van der Waals surface area contributed by atoms with E-state index in [9.17, 15) is 4.79 Å². The van der Waals surface area contributed by atoms with Crippen molar-refractivity contribution in [1.29, 1.82) is 0 Å². The zero-order valence-corrected chi connectivity index (χ0v) is 13.6. The molecule has 2 heterocycles. The minimum absolute atomic E-state index is 0.0728. The van der Waals surface area contributed by atoms with Crippen LogP contribution in [-0.2, 0) is 4.79 Å². The lowest BCUT2D eigenvalue weighted by molar-refractivity contribution is -0.137. The second kappa shape index (κ2) is 4.85. The smallest absolute Gasteiger partial charge is 0.244 e. The van der Waals surface area contributed by atoms with Gasteiger partial charge in [0, 0.05) is 15.8 Å². The van der Waals surface area contributed by atoms with E-state index >= 15 is 0 Å². The normalized spacial score (nSPS) is 37.3. The number of carbonyl (C=O) groups is 1. The van der Waals surface area contributed by atoms with Gasteiger partial charge in [0.25, 0.3) is 0 Å². The van der Waals surface area contributed by atoms with Crippen molar-refractivity contribution in [3.8, 4) is 0 Å². The van der Waals surface area contributed by atoms with Crippen LogP contribution in [0, 0.1) is 12.8 Å². The monoisotopic (exact) mass is 292 g/mol. The Kier molecular flexibility index (Phi) is 3.41. The van der Waals surface area contributed by atoms with Crippen molar-refractivity contribution in [2.24, 2.45) is 5.92 Å². The van der Waals surface area contributed by atoms with Gasteiger partial charge in [-0.3, -0.25) is 10.1 Å². The maximum absolute atomic E-state index is 12.9. The van der Waals surface area contributed by atoms with Crippen LogP contribution in [-0.4, -0.2) is 22.4 Å². The Labute approximate surface area is 125 Å². The lowest BCUT2D eigenvalue weighted by Gasteiger charge is -2.42. The lowest BCUT2D eigenvalue weighted by Crippen LogP contribution is -2.48. The summed E-state index contributed by atoms with van der Waals surface area (Å²) in [7, 11) is 0. The Morgan fingerprint density at radius 2 is 2.15 bits per heavy atom. The number of amides is 1. The van der Waals surface area contributed by atoms with E-state index in [0.29, 0.717) is 6.04 Å². The van der Waals surface area contributed by atoms with Crippen molar-refractivity contribution >= 4 is 17.2 Å². The van der Waals surface area contributed by atoms with E-state index < -0.39 is 5.54 Å². The molecule has 20 heavy (non-hydrogen) atoms. The predicted molar refractivity (Wildman–Crippen MR) is 82.7 cm³/mol. The minimum atomic E-state index is -0.401. The molecule has 2 atom stereocenters. The summed E-state index contributed by atoms with van der Waals surface area (Å²) >= 11 is 1.80. The zero-order valence-electron chi connectivity index (χ0n) is 12.8. The van der Waals surface area contributed by atoms with Crippen LogP contribution >= 0.6 is 11.3 Å². The number of rotatable bonds is 3. The Morgan fingerprint density at radius 1 is 1.45 bits per heavy atom. The third-order valence-electron chi connectivity index (χ3n) is 4.92. The Bertz CT molecular complexity index is 520. The van der Waals surface area contributed by atoms with E-state index in [1.807, 2.05) is 6.92 Å². The van der Waals surface area contributed by atoms with Gasteiger partial charge in [0.1, 0.15) is 6.17 Å². The lowest BCUT2D eigenvalue weighted by atomic mass is 9.80. The Balaban J connectivity index is 1.91. The van der Waals surface area contributed by atoms with E-state index in [1.54, 1.807) is 11.3 Å². The highest BCUT2D eigenvalue weighted by molar-refractivity contribution is 7.12. The molecule has 2 aliphatic rings. The van der Waals surface area contributed by atoms with E-state index in [4.69, 9.17) is 0 Å². The third-order valence-corrected chi connectivity index (χ3v) is 5.97. The van der Waals surface area contributed by atoms with Crippen LogP contribution < -0.4 is 5.32 Å². The summed E-state index contributed by atoms with van der Waals surface area (Å²) in [4.78, 5) is 17.6. The largest absolute Gasteiger partial charge is 0.317 e. The topological polar surface area (TPSA) is 32.3 Å². The van der Waals surface area contributed by atoms with Gasteiger partial charge >= 0.3 is 0 Å². The van der Waals surface area contributed by atoms with Gasteiger partial charge in [-0.15, -0.1) is 11.3 Å². The molecule has 1 N–H and O–H groups in total. The summed E-state index contributed by atoms with van der Waals surface area (Å²) in [5.41, 5.74) is -0.401. The average molecular weight is 292 g/mol. The molecule has 1 aromatic heterocycles. The molecule has 1 aliphatic heterocycles. The highest BCUT2D eigenvalue weighted by Crippen LogP contribution is 2.42. The molecule has 110 valence electrons. The van der Waals surface area contributed by atoms with E-state index in [-0.39, 0.29) is 12.1 Å². The molecule has 0 radical (unpaired) electrons. The van der Waals surface area contributed by atoms with Gasteiger partial charge in [0.2, 0.25) is 5.91 Å². The van der Waals surface area contributed by atoms with Crippen LogP contribution in [0.25, 0.3) is 0 Å². The first-order valence-corrected chi connectivity index (χ1v) is 8.43. The van der Waals surface area contributed by atoms with Crippen molar-refractivity contribution in [1.82, 2.24) is 10.2 Å². The van der Waals surface area contributed by atoms with Gasteiger partial charge in [-0.25, -0.2) is 0 Å². The maximum Gasteiger partial charge on any atom is 0.244 e. The van der Waals surface area contributed by atoms with Gasteiger partial charge in [-0.2, -0.15) is 0 Å². The maximum atomic E-state index is 12.9. The predicted octanol–water partition coefficient (Wildman–Crippen LogP) is 3.45. The molecule has 2 unspecified atom stereocenters. The number of nitrogens with one attached hydrogen (secondary N) is 1. The van der Waals surface area contributed by atoms with Crippen LogP contribution in [0.1, 0.15) is 56.0 Å². The van der Waals surface area contributed by atoms with Crippen molar-refractivity contribution < 1.29 is 4.79 Å². The number of hydrogen-bond acceptors (Lipinski definition) is 3. The molecule has 1 amide bonds. The van der Waals surface area contributed by atoms with E-state index in [1.165, 1.54) is 9.75 Å². The Hall–Kier alpha value is -0.870. The fourth-order valence-electron chi connectivity index (χ4n) is 3.36. The first kappa shape index (κ1) is 14.1. The van der Waals surface area contributed by atoms with Gasteiger partial charge < -0.3 is 4.90 Å². The molecule has 0 spiro atoms. The summed E-state index contributed by atoms with van der Waals surface area (Å²) in [5.74, 6) is 1.04. The highest BCUT2D eigenvalue weighted by Gasteiger charge is 2.51. The standard InChI is InChI=1S/C16H24N2OS/c1-5-16(4)15(19)18(12-8-10(2)9-12)14(17-16)13-7-6-11(3)20-13/h6-7,10,12,14,17H,5,8-9H2,1-4H3. The van der Waals surface area contributed by atoms with Crippen LogP contribution in [0.5, 0.6) is 0 Å². The van der Waals surface area contributed by atoms with Crippen LogP contribution in [0.3, 0.4) is 0 Å². The number of hydrogen-bond donors (Lipinski definition) is 1. The van der Waals surface area contributed by atoms with Crippen molar-refractivity contribution in [3.63, 3.8) is 0 Å². The summed E-state index contributed by atoms with van der Waals surface area (Å²) < 4.78 is 0. The first-order chi connectivity index (χ1) is 9.44. The fraction of sp³-hybridized carbons (Fsp3) is 0.688. The summed E-state index contributed by atoms with van der Waals surface area (Å²) in [6.45, 7) is 8.53. The molecule has 1 aromatic rings. The molecule has 3 nitrogen and oxygen atoms in total. The molecule has 1 aliphatic carbocycles. The van der Waals surface area contributed by atoms with Gasteiger partial charge in [-0.05, 0) is 51.2 Å². The molecule has 3 rings (SSSR count). The van der Waals surface area contributed by atoms with E-state index in [0.717, 1.165) is 25.2 Å². The molecule has 0 aromatic carbocycles. The first-order valence-electron chi connectivity index (χ1n) is 7.61. The Morgan fingerprint density at radius 3 is 2.65 bits per heavy atom. The third kappa shape index (κ3) is 2.09. The van der Waals surface area contributed by atoms with Crippen LogP contribution in [0.15, 0.2) is 12.1 Å². The summed E-state index contributed by atoms with van der Waals surface area (Å²) in [6.07, 6.45) is 3.21. The second-order valence-electron chi connectivity index (χ2n) is 6.62. The average Bonchev–Trinajstić information content (AvgIpc) is 2.91. The summed E-state index contributed by atoms with van der Waals surface area (Å²) in [5, 5.41) is 3.60. The van der Waals surface area contributed by atoms with Gasteiger partial charge in [-0.1, -0.05) is 13.8 Å². The molecule has 1 saturated heterocycles. The quantitative estimate of drug-likeness (QED) is 0.925. The van der Waals surface area contributed by atoms with Crippen LogP contribution in [0.2, 0.25) is 0 Å². The number of aryl methyl sites for hydroxylation is 1. The SMILES string of the molecule is CCC1(C)NC(c2ccc(C)s2)N(C2CC(C)C2)C1=O. The van der Waals surface area contributed by atoms with Crippen molar-refractivity contribution in [2.75, 3.05) is 0 Å². The van der Waals surface area contributed by atoms with Crippen molar-refractivity contribution in [2.45, 2.75) is 64.7 Å². The fourth-order valence-corrected chi connectivity index (χ4v) is 4.29. The minimum Gasteiger partial charge on any atom is -0.317 e. The molecule has 2 fully saturated rings. The van der Waals surface area contributed by atoms with Gasteiger partial charge in [0.15, 0.2) is 0 Å². The molecule has 4 heteroatoms. The molecular weight excluding hydrogens is 268 g/mol. The number of thiophene rings is 1. The zero-order chi connectivity index (χ0) is 14.5. The van der Waals surface area contributed by atoms with Gasteiger partial charge in [0.05, 0.1) is 5.54 Å². The summed E-state index contributed by atoms with van der Waals surface area (Å²) in [6, 6.07) is 4.74.